The number of benzene rings is 3. The maximum atomic E-state index is 11.8. The van der Waals surface area contributed by atoms with Crippen molar-refractivity contribution >= 4 is 28.0 Å². The Labute approximate surface area is 167 Å². The third kappa shape index (κ3) is 3.84. The molecule has 0 saturated carbocycles. The largest absolute Gasteiger partial charge is 0.434 e. The van der Waals surface area contributed by atoms with Gasteiger partial charge < -0.3 is 10.1 Å². The summed E-state index contributed by atoms with van der Waals surface area (Å²) in [6.45, 7) is 3.86. The highest BCUT2D eigenvalue weighted by molar-refractivity contribution is 5.95. The average molecular weight is 386 g/mol. The number of nitrogens with zero attached hydrogens (tertiary/aromatic N) is 3. The van der Waals surface area contributed by atoms with Gasteiger partial charge in [-0.3, -0.25) is 10.1 Å². The number of anilines is 2. The highest BCUT2D eigenvalue weighted by Crippen LogP contribution is 2.37. The minimum absolute atomic E-state index is 0.0701. The van der Waals surface area contributed by atoms with E-state index in [0.29, 0.717) is 11.4 Å². The summed E-state index contributed by atoms with van der Waals surface area (Å²) < 4.78 is 5.77. The molecule has 0 fully saturated rings. The Morgan fingerprint density at radius 3 is 2.45 bits per heavy atom. The predicted octanol–water partition coefficient (Wildman–Crippen LogP) is 5.69. The summed E-state index contributed by atoms with van der Waals surface area (Å²) in [4.78, 5) is 19.4. The SMILES string of the molecule is Cc1cc(C)cc(Oc2ncnc(Nc3cccc4ccccc34)c2[N+](=O)[O-])c1. The van der Waals surface area contributed by atoms with Crippen LogP contribution in [0.5, 0.6) is 11.6 Å². The first-order valence-electron chi connectivity index (χ1n) is 9.01. The lowest BCUT2D eigenvalue weighted by Gasteiger charge is -2.11. The van der Waals surface area contributed by atoms with E-state index in [4.69, 9.17) is 4.74 Å². The number of hydrogen-bond acceptors (Lipinski definition) is 6. The van der Waals surface area contributed by atoms with Crippen molar-refractivity contribution in [1.82, 2.24) is 9.97 Å². The monoisotopic (exact) mass is 386 g/mol. The Balaban J connectivity index is 1.76. The normalized spacial score (nSPS) is 10.7. The van der Waals surface area contributed by atoms with Gasteiger partial charge in [0.2, 0.25) is 5.82 Å². The van der Waals surface area contributed by atoms with E-state index in [-0.39, 0.29) is 17.4 Å². The van der Waals surface area contributed by atoms with Crippen molar-refractivity contribution in [3.8, 4) is 11.6 Å². The topological polar surface area (TPSA) is 90.2 Å². The fourth-order valence-corrected chi connectivity index (χ4v) is 3.26. The Hall–Kier alpha value is -4.00. The molecule has 0 radical (unpaired) electrons. The van der Waals surface area contributed by atoms with Gasteiger partial charge in [0.15, 0.2) is 0 Å². The molecule has 7 heteroatoms. The van der Waals surface area contributed by atoms with E-state index in [1.165, 1.54) is 6.33 Å². The van der Waals surface area contributed by atoms with Gasteiger partial charge in [0.1, 0.15) is 12.1 Å². The van der Waals surface area contributed by atoms with Crippen molar-refractivity contribution < 1.29 is 9.66 Å². The van der Waals surface area contributed by atoms with E-state index in [1.807, 2.05) is 62.4 Å². The lowest BCUT2D eigenvalue weighted by atomic mass is 10.1. The molecule has 0 aliphatic carbocycles. The molecule has 0 atom stereocenters. The Bertz CT molecular complexity index is 1200. The average Bonchev–Trinajstić information content (AvgIpc) is 2.67. The van der Waals surface area contributed by atoms with Gasteiger partial charge in [0, 0.05) is 11.1 Å². The van der Waals surface area contributed by atoms with Crippen molar-refractivity contribution in [2.45, 2.75) is 13.8 Å². The molecule has 0 unspecified atom stereocenters. The van der Waals surface area contributed by atoms with E-state index in [9.17, 15) is 10.1 Å². The van der Waals surface area contributed by atoms with Gasteiger partial charge in [-0.1, -0.05) is 42.5 Å². The summed E-state index contributed by atoms with van der Waals surface area (Å²) in [7, 11) is 0. The quantitative estimate of drug-likeness (QED) is 0.350. The standard InChI is InChI=1S/C22H18N4O3/c1-14-10-15(2)12-17(11-14)29-22-20(26(27)28)21(23-13-24-22)25-19-9-5-7-16-6-3-4-8-18(16)19/h3-13H,1-2H3,(H,23,24,25). The molecule has 0 saturated heterocycles. The fourth-order valence-electron chi connectivity index (χ4n) is 3.26. The van der Waals surface area contributed by atoms with Crippen LogP contribution >= 0.6 is 0 Å². The van der Waals surface area contributed by atoms with Crippen LogP contribution in [0.3, 0.4) is 0 Å². The third-order valence-corrected chi connectivity index (χ3v) is 4.42. The smallest absolute Gasteiger partial charge is 0.373 e. The molecule has 4 aromatic rings. The summed E-state index contributed by atoms with van der Waals surface area (Å²) in [5, 5.41) is 16.8. The number of aryl methyl sites for hydroxylation is 2. The van der Waals surface area contributed by atoms with Crippen LogP contribution in [0.1, 0.15) is 11.1 Å². The number of rotatable bonds is 5. The van der Waals surface area contributed by atoms with E-state index in [1.54, 1.807) is 12.1 Å². The van der Waals surface area contributed by atoms with E-state index < -0.39 is 4.92 Å². The van der Waals surface area contributed by atoms with Gasteiger partial charge >= 0.3 is 11.6 Å². The zero-order valence-corrected chi connectivity index (χ0v) is 15.9. The van der Waals surface area contributed by atoms with Crippen molar-refractivity contribution in [2.24, 2.45) is 0 Å². The third-order valence-electron chi connectivity index (χ3n) is 4.42. The van der Waals surface area contributed by atoms with Crippen LogP contribution in [-0.2, 0) is 0 Å². The van der Waals surface area contributed by atoms with Crippen LogP contribution in [0.4, 0.5) is 17.2 Å². The molecule has 1 heterocycles. The molecule has 0 bridgehead atoms. The summed E-state index contributed by atoms with van der Waals surface area (Å²) in [5.74, 6) is 0.443. The van der Waals surface area contributed by atoms with Crippen molar-refractivity contribution in [2.75, 3.05) is 5.32 Å². The van der Waals surface area contributed by atoms with Crippen LogP contribution < -0.4 is 10.1 Å². The molecule has 0 amide bonds. The summed E-state index contributed by atoms with van der Waals surface area (Å²) in [6.07, 6.45) is 1.25. The van der Waals surface area contributed by atoms with Crippen LogP contribution in [0, 0.1) is 24.0 Å². The first-order valence-corrected chi connectivity index (χ1v) is 9.01. The van der Waals surface area contributed by atoms with Gasteiger partial charge in [-0.05, 0) is 48.6 Å². The molecular formula is C22H18N4O3. The van der Waals surface area contributed by atoms with Gasteiger partial charge in [0.05, 0.1) is 4.92 Å². The Morgan fingerprint density at radius 1 is 0.966 bits per heavy atom. The van der Waals surface area contributed by atoms with E-state index in [2.05, 4.69) is 15.3 Å². The molecule has 29 heavy (non-hydrogen) atoms. The van der Waals surface area contributed by atoms with Gasteiger partial charge in [0.25, 0.3) is 0 Å². The first-order chi connectivity index (χ1) is 14.0. The molecule has 0 spiro atoms. The lowest BCUT2D eigenvalue weighted by molar-refractivity contribution is -0.385. The maximum absolute atomic E-state index is 11.8. The minimum atomic E-state index is -0.536. The predicted molar refractivity (Wildman–Crippen MR) is 112 cm³/mol. The second-order valence-electron chi connectivity index (χ2n) is 6.71. The number of ether oxygens (including phenoxy) is 1. The lowest BCUT2D eigenvalue weighted by Crippen LogP contribution is -2.04. The molecule has 144 valence electrons. The highest BCUT2D eigenvalue weighted by atomic mass is 16.6. The van der Waals surface area contributed by atoms with Crippen molar-refractivity contribution in [3.05, 3.63) is 88.2 Å². The summed E-state index contributed by atoms with van der Waals surface area (Å²) >= 11 is 0. The van der Waals surface area contributed by atoms with Crippen molar-refractivity contribution in [3.63, 3.8) is 0 Å². The second kappa shape index (κ2) is 7.55. The van der Waals surface area contributed by atoms with E-state index in [0.717, 1.165) is 21.9 Å². The van der Waals surface area contributed by atoms with Crippen LogP contribution in [0.2, 0.25) is 0 Å². The molecule has 7 nitrogen and oxygen atoms in total. The zero-order valence-electron chi connectivity index (χ0n) is 15.9. The summed E-state index contributed by atoms with van der Waals surface area (Å²) in [6, 6.07) is 19.1. The Kier molecular flexibility index (Phi) is 4.78. The van der Waals surface area contributed by atoms with E-state index >= 15 is 0 Å². The first kappa shape index (κ1) is 18.4. The van der Waals surface area contributed by atoms with Crippen LogP contribution in [0.25, 0.3) is 10.8 Å². The molecule has 0 aliphatic heterocycles. The van der Waals surface area contributed by atoms with Gasteiger partial charge in [-0.2, -0.15) is 4.98 Å². The fraction of sp³-hybridized carbons (Fsp3) is 0.0909. The molecular weight excluding hydrogens is 368 g/mol. The number of aromatic nitrogens is 2. The van der Waals surface area contributed by atoms with Crippen LogP contribution in [0.15, 0.2) is 67.0 Å². The van der Waals surface area contributed by atoms with Crippen molar-refractivity contribution in [1.29, 1.82) is 0 Å². The zero-order chi connectivity index (χ0) is 20.4. The number of nitrogens with one attached hydrogen (secondary N) is 1. The molecule has 4 rings (SSSR count). The molecule has 3 aromatic carbocycles. The summed E-state index contributed by atoms with van der Waals surface area (Å²) in [5.41, 5.74) is 2.37. The van der Waals surface area contributed by atoms with Gasteiger partial charge in [-0.15, -0.1) is 0 Å². The second-order valence-corrected chi connectivity index (χ2v) is 6.71. The molecule has 0 aliphatic rings. The van der Waals surface area contributed by atoms with Crippen LogP contribution in [-0.4, -0.2) is 14.9 Å². The maximum Gasteiger partial charge on any atom is 0.373 e. The highest BCUT2D eigenvalue weighted by Gasteiger charge is 2.25. The van der Waals surface area contributed by atoms with Gasteiger partial charge in [-0.25, -0.2) is 4.98 Å². The number of fused-ring (bicyclic) bond motifs is 1. The number of hydrogen-bond donors (Lipinski definition) is 1. The molecule has 1 N–H and O–H groups in total. The number of nitro groups is 1. The molecule has 1 aromatic heterocycles. The Morgan fingerprint density at radius 2 is 1.69 bits per heavy atom. The minimum Gasteiger partial charge on any atom is -0.434 e.